The minimum atomic E-state index is -0.624. The van der Waals surface area contributed by atoms with Crippen molar-refractivity contribution in [2.24, 2.45) is 0 Å². The van der Waals surface area contributed by atoms with Gasteiger partial charge in [-0.3, -0.25) is 19.7 Å². The predicted molar refractivity (Wildman–Crippen MR) is 56.2 cm³/mol. The normalized spacial score (nSPS) is 9.73. The number of carbonyl (C=O) groups excluding carboxylic acids is 2. The third-order valence-electron chi connectivity index (χ3n) is 1.82. The molecule has 0 aliphatic heterocycles. The zero-order chi connectivity index (χ0) is 11.6. The summed E-state index contributed by atoms with van der Waals surface area (Å²) in [4.78, 5) is 31.7. The molecule has 1 aromatic rings. The van der Waals surface area contributed by atoms with Crippen molar-refractivity contribution in [3.05, 3.63) is 37.8 Å². The van der Waals surface area contributed by atoms with Crippen LogP contribution >= 0.6 is 15.9 Å². The highest BCUT2D eigenvalue weighted by Gasteiger charge is 2.17. The van der Waals surface area contributed by atoms with Crippen LogP contribution in [-0.2, 0) is 0 Å². The monoisotopic (exact) mass is 271 g/mol. The van der Waals surface area contributed by atoms with Crippen molar-refractivity contribution >= 4 is 33.7 Å². The molecule has 1 aromatic carbocycles. The van der Waals surface area contributed by atoms with E-state index in [0.29, 0.717) is 6.29 Å². The molecular formula is C9H6BrNO4. The van der Waals surface area contributed by atoms with Crippen LogP contribution in [0.15, 0.2) is 16.6 Å². The second kappa shape index (κ2) is 4.31. The van der Waals surface area contributed by atoms with Crippen LogP contribution in [0.3, 0.4) is 0 Å². The van der Waals surface area contributed by atoms with E-state index in [1.54, 1.807) is 0 Å². The first-order valence-electron chi connectivity index (χ1n) is 3.91. The van der Waals surface area contributed by atoms with Gasteiger partial charge in [0.25, 0.3) is 5.69 Å². The molecule has 6 heteroatoms. The second-order valence-corrected chi connectivity index (χ2v) is 3.68. The highest BCUT2D eigenvalue weighted by atomic mass is 79.9. The molecule has 5 nitrogen and oxygen atoms in total. The number of aldehydes is 1. The molecule has 0 bridgehead atoms. The van der Waals surface area contributed by atoms with Crippen molar-refractivity contribution in [3.63, 3.8) is 0 Å². The number of nitrogens with zero attached hydrogens (tertiary/aromatic N) is 1. The number of carbonyl (C=O) groups is 2. The Balaban J connectivity index is 3.48. The zero-order valence-electron chi connectivity index (χ0n) is 7.69. The first-order valence-corrected chi connectivity index (χ1v) is 4.70. The molecule has 15 heavy (non-hydrogen) atoms. The lowest BCUT2D eigenvalue weighted by Crippen LogP contribution is -2.01. The van der Waals surface area contributed by atoms with Gasteiger partial charge in [0.15, 0.2) is 12.1 Å². The first-order chi connectivity index (χ1) is 6.97. The van der Waals surface area contributed by atoms with Gasteiger partial charge in [-0.2, -0.15) is 0 Å². The van der Waals surface area contributed by atoms with Gasteiger partial charge in [-0.1, -0.05) is 0 Å². The van der Waals surface area contributed by atoms with Gasteiger partial charge in [-0.25, -0.2) is 0 Å². The molecule has 0 amide bonds. The fraction of sp³-hybridized carbons (Fsp3) is 0.111. The van der Waals surface area contributed by atoms with Crippen LogP contribution in [0.4, 0.5) is 5.69 Å². The average Bonchev–Trinajstić information content (AvgIpc) is 2.16. The van der Waals surface area contributed by atoms with E-state index in [9.17, 15) is 19.7 Å². The Bertz CT molecular complexity index is 456. The molecule has 0 saturated carbocycles. The Morgan fingerprint density at radius 2 is 2.13 bits per heavy atom. The number of nitro benzene ring substituents is 1. The van der Waals surface area contributed by atoms with Gasteiger partial charge < -0.3 is 0 Å². The molecule has 0 unspecified atom stereocenters. The van der Waals surface area contributed by atoms with E-state index in [1.807, 2.05) is 0 Å². The van der Waals surface area contributed by atoms with Gasteiger partial charge in [0.1, 0.15) is 0 Å². The fourth-order valence-electron chi connectivity index (χ4n) is 1.12. The Morgan fingerprint density at radius 3 is 2.53 bits per heavy atom. The average molecular weight is 272 g/mol. The predicted octanol–water partition coefficient (Wildman–Crippen LogP) is 2.37. The van der Waals surface area contributed by atoms with Crippen molar-refractivity contribution in [2.45, 2.75) is 6.92 Å². The molecule has 0 radical (unpaired) electrons. The van der Waals surface area contributed by atoms with Crippen molar-refractivity contribution in [1.82, 2.24) is 0 Å². The largest absolute Gasteiger partial charge is 0.298 e. The van der Waals surface area contributed by atoms with Crippen LogP contribution in [0.2, 0.25) is 0 Å². The maximum atomic E-state index is 11.1. The Hall–Kier alpha value is -1.56. The number of ketones is 1. The van der Waals surface area contributed by atoms with Crippen LogP contribution in [0, 0.1) is 10.1 Å². The molecule has 0 N–H and O–H groups in total. The highest BCUT2D eigenvalue weighted by Crippen LogP contribution is 2.28. The van der Waals surface area contributed by atoms with Gasteiger partial charge in [0.05, 0.1) is 9.40 Å². The number of halogens is 1. The number of hydrogen-bond acceptors (Lipinski definition) is 4. The maximum absolute atomic E-state index is 11.1. The smallest absolute Gasteiger partial charge is 0.284 e. The number of hydrogen-bond donors (Lipinski definition) is 0. The summed E-state index contributed by atoms with van der Waals surface area (Å²) in [5.74, 6) is -0.312. The topological polar surface area (TPSA) is 77.3 Å². The summed E-state index contributed by atoms with van der Waals surface area (Å²) in [7, 11) is 0. The van der Waals surface area contributed by atoms with Crippen molar-refractivity contribution in [3.8, 4) is 0 Å². The lowest BCUT2D eigenvalue weighted by molar-refractivity contribution is -0.385. The third kappa shape index (κ3) is 2.27. The molecule has 0 aliphatic carbocycles. The third-order valence-corrected chi connectivity index (χ3v) is 2.46. The van der Waals surface area contributed by atoms with Crippen molar-refractivity contribution in [1.29, 1.82) is 0 Å². The second-order valence-electron chi connectivity index (χ2n) is 2.82. The van der Waals surface area contributed by atoms with Crippen LogP contribution in [0.1, 0.15) is 27.6 Å². The van der Waals surface area contributed by atoms with E-state index >= 15 is 0 Å². The summed E-state index contributed by atoms with van der Waals surface area (Å²) >= 11 is 2.97. The van der Waals surface area contributed by atoms with E-state index in [1.165, 1.54) is 13.0 Å². The summed E-state index contributed by atoms with van der Waals surface area (Å²) in [5, 5.41) is 10.5. The number of benzene rings is 1. The van der Waals surface area contributed by atoms with Gasteiger partial charge in [-0.05, 0) is 28.9 Å². The molecule has 0 atom stereocenters. The summed E-state index contributed by atoms with van der Waals surface area (Å²) < 4.78 is 0.184. The fourth-order valence-corrected chi connectivity index (χ4v) is 1.61. The van der Waals surface area contributed by atoms with E-state index in [0.717, 1.165) is 6.07 Å². The van der Waals surface area contributed by atoms with Crippen LogP contribution in [0.25, 0.3) is 0 Å². The standard InChI is InChI=1S/C9H6BrNO4/c1-5(13)7-3-8(10)9(11(14)15)2-6(7)4-12/h2-4H,1H3. The lowest BCUT2D eigenvalue weighted by atomic mass is 10.0. The molecule has 0 spiro atoms. The molecule has 0 aliphatic rings. The summed E-state index contributed by atoms with van der Waals surface area (Å²) in [6, 6.07) is 2.36. The maximum Gasteiger partial charge on any atom is 0.284 e. The summed E-state index contributed by atoms with van der Waals surface area (Å²) in [6.07, 6.45) is 0.427. The number of nitro groups is 1. The molecule has 0 heterocycles. The van der Waals surface area contributed by atoms with Gasteiger partial charge in [0, 0.05) is 17.2 Å². The molecule has 78 valence electrons. The Labute approximate surface area is 93.4 Å². The van der Waals surface area contributed by atoms with Crippen molar-refractivity contribution < 1.29 is 14.5 Å². The molecule has 0 aromatic heterocycles. The minimum absolute atomic E-state index is 0.0254. The SMILES string of the molecule is CC(=O)c1cc(Br)c([N+](=O)[O-])cc1C=O. The van der Waals surface area contributed by atoms with Crippen LogP contribution in [-0.4, -0.2) is 17.0 Å². The first kappa shape index (κ1) is 11.5. The Morgan fingerprint density at radius 1 is 1.53 bits per heavy atom. The molecular weight excluding hydrogens is 266 g/mol. The van der Waals surface area contributed by atoms with Gasteiger partial charge >= 0.3 is 0 Å². The van der Waals surface area contributed by atoms with Gasteiger partial charge in [0.2, 0.25) is 0 Å². The van der Waals surface area contributed by atoms with E-state index in [2.05, 4.69) is 15.9 Å². The Kier molecular flexibility index (Phi) is 3.31. The quantitative estimate of drug-likeness (QED) is 0.366. The molecule has 1 rings (SSSR count). The highest BCUT2D eigenvalue weighted by molar-refractivity contribution is 9.10. The van der Waals surface area contributed by atoms with Crippen molar-refractivity contribution in [2.75, 3.05) is 0 Å². The summed E-state index contributed by atoms with van der Waals surface area (Å²) in [5.41, 5.74) is -0.0398. The van der Waals surface area contributed by atoms with E-state index in [4.69, 9.17) is 0 Å². The number of rotatable bonds is 3. The summed E-state index contributed by atoms with van der Waals surface area (Å²) in [6.45, 7) is 1.29. The number of Topliss-reactive ketones (excluding diaryl/α,β-unsaturated/α-hetero) is 1. The zero-order valence-corrected chi connectivity index (χ0v) is 9.28. The van der Waals surface area contributed by atoms with Crippen LogP contribution in [0.5, 0.6) is 0 Å². The van der Waals surface area contributed by atoms with E-state index < -0.39 is 4.92 Å². The molecule has 0 saturated heterocycles. The molecule has 0 fully saturated rings. The minimum Gasteiger partial charge on any atom is -0.298 e. The van der Waals surface area contributed by atoms with Crippen LogP contribution < -0.4 is 0 Å². The van der Waals surface area contributed by atoms with E-state index in [-0.39, 0.29) is 27.1 Å². The lowest BCUT2D eigenvalue weighted by Gasteiger charge is -2.02. The van der Waals surface area contributed by atoms with Gasteiger partial charge in [-0.15, -0.1) is 0 Å².